The molecule has 6 heteroatoms. The number of rotatable bonds is 5. The van der Waals surface area contributed by atoms with E-state index >= 15 is 0 Å². The molecular weight excluding hydrogens is 304 g/mol. The lowest BCUT2D eigenvalue weighted by atomic mass is 10.1. The molecule has 3 unspecified atom stereocenters. The quantitative estimate of drug-likeness (QED) is 0.838. The Hall–Kier alpha value is -2.05. The molecule has 1 aliphatic carbocycles. The highest BCUT2D eigenvalue weighted by Gasteiger charge is 2.41. The second-order valence-corrected chi connectivity index (χ2v) is 6.43. The summed E-state index contributed by atoms with van der Waals surface area (Å²) in [6.07, 6.45) is 9.58. The van der Waals surface area contributed by atoms with Crippen molar-refractivity contribution in [3.63, 3.8) is 0 Å². The Balaban J connectivity index is 1.34. The molecule has 24 heavy (non-hydrogen) atoms. The minimum Gasteiger partial charge on any atom is -0.376 e. The van der Waals surface area contributed by atoms with Crippen LogP contribution in [0.4, 0.5) is 5.95 Å². The first-order valence-electron chi connectivity index (χ1n) is 8.52. The lowest BCUT2D eigenvalue weighted by Crippen LogP contribution is -2.49. The van der Waals surface area contributed by atoms with E-state index in [1.807, 2.05) is 18.2 Å². The highest BCUT2D eigenvalue weighted by molar-refractivity contribution is 5.33. The number of pyridine rings is 1. The topological polar surface area (TPSA) is 60.4 Å². The zero-order valence-electron chi connectivity index (χ0n) is 13.6. The number of aromatic nitrogens is 3. The van der Waals surface area contributed by atoms with Crippen molar-refractivity contribution in [2.24, 2.45) is 5.92 Å². The summed E-state index contributed by atoms with van der Waals surface area (Å²) in [7, 11) is 0. The van der Waals surface area contributed by atoms with Gasteiger partial charge in [0.05, 0.1) is 32.0 Å². The first-order chi connectivity index (χ1) is 11.9. The smallest absolute Gasteiger partial charge is 0.225 e. The van der Waals surface area contributed by atoms with Crippen molar-refractivity contribution in [2.75, 3.05) is 24.7 Å². The lowest BCUT2D eigenvalue weighted by molar-refractivity contribution is 0.0200. The van der Waals surface area contributed by atoms with Crippen LogP contribution < -0.4 is 4.90 Å². The van der Waals surface area contributed by atoms with Gasteiger partial charge < -0.3 is 14.4 Å². The summed E-state index contributed by atoms with van der Waals surface area (Å²) < 4.78 is 11.9. The van der Waals surface area contributed by atoms with Gasteiger partial charge in [-0.05, 0) is 42.5 Å². The maximum absolute atomic E-state index is 5.99. The molecule has 1 saturated carbocycles. The van der Waals surface area contributed by atoms with Crippen LogP contribution in [0.1, 0.15) is 18.4 Å². The summed E-state index contributed by atoms with van der Waals surface area (Å²) >= 11 is 0. The third-order valence-corrected chi connectivity index (χ3v) is 4.81. The highest BCUT2D eigenvalue weighted by atomic mass is 16.5. The summed E-state index contributed by atoms with van der Waals surface area (Å²) in [6, 6.07) is 6.19. The fraction of sp³-hybridized carbons (Fsp3) is 0.500. The minimum atomic E-state index is 0.261. The van der Waals surface area contributed by atoms with Crippen molar-refractivity contribution in [3.8, 4) is 0 Å². The second-order valence-electron chi connectivity index (χ2n) is 6.43. The normalized spacial score (nSPS) is 26.3. The molecular formula is C18H22N4O2. The van der Waals surface area contributed by atoms with Crippen LogP contribution in [0.2, 0.25) is 0 Å². The van der Waals surface area contributed by atoms with E-state index in [1.54, 1.807) is 24.8 Å². The summed E-state index contributed by atoms with van der Waals surface area (Å²) in [5.74, 6) is 1.33. The van der Waals surface area contributed by atoms with E-state index in [4.69, 9.17) is 9.47 Å². The Morgan fingerprint density at radius 2 is 1.96 bits per heavy atom. The van der Waals surface area contributed by atoms with Gasteiger partial charge in [-0.15, -0.1) is 0 Å². The predicted molar refractivity (Wildman–Crippen MR) is 89.5 cm³/mol. The van der Waals surface area contributed by atoms with Crippen molar-refractivity contribution in [2.45, 2.75) is 31.6 Å². The molecule has 0 bridgehead atoms. The van der Waals surface area contributed by atoms with E-state index in [-0.39, 0.29) is 6.10 Å². The van der Waals surface area contributed by atoms with Gasteiger partial charge in [0.15, 0.2) is 0 Å². The number of ether oxygens (including phenoxy) is 2. The Morgan fingerprint density at radius 3 is 2.79 bits per heavy atom. The van der Waals surface area contributed by atoms with Gasteiger partial charge in [-0.25, -0.2) is 9.97 Å². The molecule has 4 rings (SSSR count). The number of morpholine rings is 1. The fourth-order valence-electron chi connectivity index (χ4n) is 3.70. The summed E-state index contributed by atoms with van der Waals surface area (Å²) in [5.41, 5.74) is 1.16. The molecule has 2 fully saturated rings. The minimum absolute atomic E-state index is 0.261. The van der Waals surface area contributed by atoms with Gasteiger partial charge in [0.2, 0.25) is 5.95 Å². The molecule has 0 spiro atoms. The van der Waals surface area contributed by atoms with Gasteiger partial charge in [0, 0.05) is 31.3 Å². The van der Waals surface area contributed by atoms with Crippen molar-refractivity contribution in [1.29, 1.82) is 0 Å². The van der Waals surface area contributed by atoms with Crippen LogP contribution in [-0.4, -0.2) is 46.9 Å². The van der Waals surface area contributed by atoms with Crippen molar-refractivity contribution in [3.05, 3.63) is 48.5 Å². The SMILES string of the molecule is c1cnc(N2CCOC3CC(COCc4ccncc4)CC32)nc1. The zero-order valence-corrected chi connectivity index (χ0v) is 13.6. The third kappa shape index (κ3) is 3.39. The van der Waals surface area contributed by atoms with Gasteiger partial charge in [-0.1, -0.05) is 0 Å². The van der Waals surface area contributed by atoms with Crippen molar-refractivity contribution in [1.82, 2.24) is 15.0 Å². The Morgan fingerprint density at radius 1 is 1.12 bits per heavy atom. The van der Waals surface area contributed by atoms with Gasteiger partial charge >= 0.3 is 0 Å². The van der Waals surface area contributed by atoms with Crippen molar-refractivity contribution >= 4 is 5.95 Å². The van der Waals surface area contributed by atoms with Crippen LogP contribution in [0, 0.1) is 5.92 Å². The van der Waals surface area contributed by atoms with Crippen LogP contribution in [-0.2, 0) is 16.1 Å². The molecule has 126 valence electrons. The molecule has 3 heterocycles. The van der Waals surface area contributed by atoms with E-state index in [9.17, 15) is 0 Å². The van der Waals surface area contributed by atoms with Gasteiger partial charge in [0.25, 0.3) is 0 Å². The molecule has 6 nitrogen and oxygen atoms in total. The fourth-order valence-corrected chi connectivity index (χ4v) is 3.70. The number of nitrogens with zero attached hydrogens (tertiary/aromatic N) is 4. The largest absolute Gasteiger partial charge is 0.376 e. The highest BCUT2D eigenvalue weighted by Crippen LogP contribution is 2.35. The predicted octanol–water partition coefficient (Wildman–Crippen LogP) is 2.07. The van der Waals surface area contributed by atoms with E-state index < -0.39 is 0 Å². The van der Waals surface area contributed by atoms with E-state index in [1.165, 1.54) is 0 Å². The first-order valence-corrected chi connectivity index (χ1v) is 8.52. The molecule has 0 N–H and O–H groups in total. The molecule has 3 atom stereocenters. The standard InChI is InChI=1S/C18H22N4O2/c1-4-20-18(21-5-1)22-8-9-24-17-11-15(10-16(17)22)13-23-12-14-2-6-19-7-3-14/h1-7,15-17H,8-13H2. The molecule has 2 aromatic rings. The van der Waals surface area contributed by atoms with E-state index in [2.05, 4.69) is 19.9 Å². The summed E-state index contributed by atoms with van der Waals surface area (Å²) in [6.45, 7) is 3.00. The number of hydrogen-bond donors (Lipinski definition) is 0. The van der Waals surface area contributed by atoms with Gasteiger partial charge in [-0.2, -0.15) is 0 Å². The van der Waals surface area contributed by atoms with E-state index in [0.717, 1.165) is 44.1 Å². The Bertz CT molecular complexity index is 640. The lowest BCUT2D eigenvalue weighted by Gasteiger charge is -2.37. The maximum Gasteiger partial charge on any atom is 0.225 e. The molecule has 1 aliphatic heterocycles. The monoisotopic (exact) mass is 326 g/mol. The molecule has 2 aliphatic rings. The van der Waals surface area contributed by atoms with Gasteiger partial charge in [0.1, 0.15) is 0 Å². The molecule has 1 saturated heterocycles. The van der Waals surface area contributed by atoms with Gasteiger partial charge in [-0.3, -0.25) is 4.98 Å². The molecule has 2 aromatic heterocycles. The molecule has 0 aromatic carbocycles. The first kappa shape index (κ1) is 15.5. The van der Waals surface area contributed by atoms with Crippen LogP contribution >= 0.6 is 0 Å². The average molecular weight is 326 g/mol. The zero-order chi connectivity index (χ0) is 16.2. The number of hydrogen-bond acceptors (Lipinski definition) is 6. The Kier molecular flexibility index (Phi) is 4.66. The number of anilines is 1. The van der Waals surface area contributed by atoms with E-state index in [0.29, 0.717) is 18.6 Å². The third-order valence-electron chi connectivity index (χ3n) is 4.81. The molecule has 0 amide bonds. The second kappa shape index (κ2) is 7.23. The van der Waals surface area contributed by atoms with Crippen LogP contribution in [0.3, 0.4) is 0 Å². The summed E-state index contributed by atoms with van der Waals surface area (Å²) in [5, 5.41) is 0. The average Bonchev–Trinajstić information content (AvgIpc) is 3.06. The van der Waals surface area contributed by atoms with Crippen LogP contribution in [0.5, 0.6) is 0 Å². The van der Waals surface area contributed by atoms with Crippen LogP contribution in [0.15, 0.2) is 43.0 Å². The maximum atomic E-state index is 5.99. The summed E-state index contributed by atoms with van der Waals surface area (Å²) in [4.78, 5) is 15.2. The Labute approximate surface area is 141 Å². The number of fused-ring (bicyclic) bond motifs is 1. The van der Waals surface area contributed by atoms with Crippen molar-refractivity contribution < 1.29 is 9.47 Å². The van der Waals surface area contributed by atoms with Crippen LogP contribution in [0.25, 0.3) is 0 Å². The molecule has 0 radical (unpaired) electrons.